The van der Waals surface area contributed by atoms with E-state index >= 15 is 0 Å². The quantitative estimate of drug-likeness (QED) is 0.837. The molecule has 0 heterocycles. The van der Waals surface area contributed by atoms with Crippen LogP contribution >= 0.6 is 24.8 Å². The topological polar surface area (TPSA) is 58.4 Å². The van der Waals surface area contributed by atoms with Crippen molar-refractivity contribution >= 4 is 42.1 Å². The highest BCUT2D eigenvalue weighted by Crippen LogP contribution is 2.20. The van der Waals surface area contributed by atoms with Gasteiger partial charge in [0.25, 0.3) is 0 Å². The number of carbonyl (C=O) groups excluding carboxylic acids is 1. The third-order valence-electron chi connectivity index (χ3n) is 3.14. The lowest BCUT2D eigenvalue weighted by atomic mass is 10.2. The Morgan fingerprint density at radius 2 is 1.90 bits per heavy atom. The fourth-order valence-electron chi connectivity index (χ4n) is 1.68. The molecule has 6 heteroatoms. The number of amides is 1. The van der Waals surface area contributed by atoms with Gasteiger partial charge >= 0.3 is 0 Å². The Morgan fingerprint density at radius 3 is 2.43 bits per heavy atom. The number of rotatable bonds is 6. The van der Waals surface area contributed by atoms with E-state index in [-0.39, 0.29) is 36.8 Å². The van der Waals surface area contributed by atoms with Crippen LogP contribution in [0.5, 0.6) is 0 Å². The van der Waals surface area contributed by atoms with E-state index in [1.165, 1.54) is 0 Å². The third-order valence-corrected chi connectivity index (χ3v) is 3.14. The fourth-order valence-corrected chi connectivity index (χ4v) is 1.68. The molecule has 0 fully saturated rings. The van der Waals surface area contributed by atoms with Crippen LogP contribution in [0.15, 0.2) is 24.3 Å². The maximum Gasteiger partial charge on any atom is 0.224 e. The van der Waals surface area contributed by atoms with Crippen LogP contribution in [-0.2, 0) is 4.79 Å². The molecule has 0 spiro atoms. The fraction of sp³-hybridized carbons (Fsp3) is 0.533. The van der Waals surface area contributed by atoms with Crippen molar-refractivity contribution in [2.24, 2.45) is 5.73 Å². The van der Waals surface area contributed by atoms with Crippen molar-refractivity contribution in [1.82, 2.24) is 0 Å². The molecule has 1 aromatic rings. The molecule has 4 nitrogen and oxygen atoms in total. The molecule has 3 N–H and O–H groups in total. The van der Waals surface area contributed by atoms with E-state index in [4.69, 9.17) is 5.73 Å². The van der Waals surface area contributed by atoms with Gasteiger partial charge in [0.2, 0.25) is 5.91 Å². The Morgan fingerprint density at radius 1 is 1.29 bits per heavy atom. The van der Waals surface area contributed by atoms with Crippen molar-refractivity contribution in [2.75, 3.05) is 17.3 Å². The normalized spacial score (nSPS) is 11.1. The summed E-state index contributed by atoms with van der Waals surface area (Å²) in [5, 5.41) is 2.91. The third kappa shape index (κ3) is 8.15. The Bertz CT molecular complexity index is 425. The molecule has 1 aromatic carbocycles. The second kappa shape index (κ2) is 10.7. The highest BCUT2D eigenvalue weighted by atomic mass is 35.5. The largest absolute Gasteiger partial charge is 0.372 e. The van der Waals surface area contributed by atoms with Gasteiger partial charge in [-0.1, -0.05) is 6.07 Å². The Kier molecular flexibility index (Phi) is 11.4. The molecule has 1 unspecified atom stereocenters. The van der Waals surface area contributed by atoms with Gasteiger partial charge in [0, 0.05) is 36.9 Å². The van der Waals surface area contributed by atoms with Crippen molar-refractivity contribution in [3.63, 3.8) is 0 Å². The minimum absolute atomic E-state index is 0. The van der Waals surface area contributed by atoms with Crippen LogP contribution in [0.25, 0.3) is 0 Å². The number of anilines is 2. The summed E-state index contributed by atoms with van der Waals surface area (Å²) >= 11 is 0. The highest BCUT2D eigenvalue weighted by Gasteiger charge is 2.07. The van der Waals surface area contributed by atoms with Crippen LogP contribution in [0, 0.1) is 0 Å². The lowest BCUT2D eigenvalue weighted by Crippen LogP contribution is -2.25. The van der Waals surface area contributed by atoms with Gasteiger partial charge in [0.05, 0.1) is 0 Å². The molecule has 0 aliphatic heterocycles. The first-order chi connectivity index (χ1) is 8.90. The van der Waals surface area contributed by atoms with Crippen LogP contribution in [0.2, 0.25) is 0 Å². The minimum Gasteiger partial charge on any atom is -0.372 e. The van der Waals surface area contributed by atoms with E-state index in [1.807, 2.05) is 38.2 Å². The molecular weight excluding hydrogens is 309 g/mol. The molecule has 0 aromatic heterocycles. The van der Waals surface area contributed by atoms with Crippen LogP contribution < -0.4 is 16.0 Å². The summed E-state index contributed by atoms with van der Waals surface area (Å²) in [6.07, 6.45) is 1.17. The van der Waals surface area contributed by atoms with Gasteiger partial charge in [-0.25, -0.2) is 0 Å². The number of halogens is 2. The zero-order valence-electron chi connectivity index (χ0n) is 13.1. The SMILES string of the molecule is CC(N)CCC(=O)Nc1cccc(N(C)C(C)C)c1.Cl.Cl. The van der Waals surface area contributed by atoms with Crippen LogP contribution in [0.1, 0.15) is 33.6 Å². The molecule has 0 saturated carbocycles. The predicted octanol–water partition coefficient (Wildman–Crippen LogP) is 3.44. The first-order valence-corrected chi connectivity index (χ1v) is 6.78. The summed E-state index contributed by atoms with van der Waals surface area (Å²) in [6.45, 7) is 6.17. The molecule has 1 atom stereocenters. The van der Waals surface area contributed by atoms with E-state index in [0.29, 0.717) is 18.9 Å². The van der Waals surface area contributed by atoms with Crippen molar-refractivity contribution in [3.05, 3.63) is 24.3 Å². The summed E-state index contributed by atoms with van der Waals surface area (Å²) in [7, 11) is 2.04. The maximum absolute atomic E-state index is 11.8. The molecule has 0 aliphatic carbocycles. The first kappa shape index (κ1) is 22.3. The van der Waals surface area contributed by atoms with E-state index in [2.05, 4.69) is 24.1 Å². The molecule has 0 bridgehead atoms. The minimum atomic E-state index is 0. The van der Waals surface area contributed by atoms with Gasteiger partial charge < -0.3 is 16.0 Å². The van der Waals surface area contributed by atoms with Gasteiger partial charge in [-0.3, -0.25) is 4.79 Å². The van der Waals surface area contributed by atoms with Crippen molar-refractivity contribution in [3.8, 4) is 0 Å². The molecule has 0 aliphatic rings. The number of benzene rings is 1. The number of carbonyl (C=O) groups is 1. The monoisotopic (exact) mass is 335 g/mol. The molecule has 1 rings (SSSR count). The zero-order chi connectivity index (χ0) is 14.4. The van der Waals surface area contributed by atoms with E-state index in [0.717, 1.165) is 11.4 Å². The van der Waals surface area contributed by atoms with Crippen LogP contribution in [0.3, 0.4) is 0 Å². The molecule has 21 heavy (non-hydrogen) atoms. The average Bonchev–Trinajstić information content (AvgIpc) is 2.35. The predicted molar refractivity (Wildman–Crippen MR) is 96.0 cm³/mol. The lowest BCUT2D eigenvalue weighted by Gasteiger charge is -2.24. The van der Waals surface area contributed by atoms with Crippen molar-refractivity contribution in [2.45, 2.75) is 45.7 Å². The summed E-state index contributed by atoms with van der Waals surface area (Å²) in [5.74, 6) is 0.0154. The van der Waals surface area contributed by atoms with Crippen LogP contribution in [-0.4, -0.2) is 25.0 Å². The van der Waals surface area contributed by atoms with E-state index < -0.39 is 0 Å². The maximum atomic E-state index is 11.8. The van der Waals surface area contributed by atoms with Crippen molar-refractivity contribution in [1.29, 1.82) is 0 Å². The standard InChI is InChI=1S/C15H25N3O.2ClH/c1-11(2)18(4)14-7-5-6-13(10-14)17-15(19)9-8-12(3)16;;/h5-7,10-12H,8-9,16H2,1-4H3,(H,17,19);2*1H. The number of nitrogens with one attached hydrogen (secondary N) is 1. The lowest BCUT2D eigenvalue weighted by molar-refractivity contribution is -0.116. The Hall–Kier alpha value is -0.970. The van der Waals surface area contributed by atoms with Crippen LogP contribution in [0.4, 0.5) is 11.4 Å². The number of hydrogen-bond donors (Lipinski definition) is 2. The average molecular weight is 336 g/mol. The molecular formula is C15H27Cl2N3O. The first-order valence-electron chi connectivity index (χ1n) is 6.78. The summed E-state index contributed by atoms with van der Waals surface area (Å²) in [4.78, 5) is 13.9. The number of hydrogen-bond acceptors (Lipinski definition) is 3. The van der Waals surface area contributed by atoms with E-state index in [9.17, 15) is 4.79 Å². The van der Waals surface area contributed by atoms with Gasteiger partial charge in [-0.15, -0.1) is 24.8 Å². The van der Waals surface area contributed by atoms with Gasteiger partial charge in [0.1, 0.15) is 0 Å². The number of nitrogens with two attached hydrogens (primary N) is 1. The smallest absolute Gasteiger partial charge is 0.224 e. The molecule has 122 valence electrons. The summed E-state index contributed by atoms with van der Waals surface area (Å²) < 4.78 is 0. The van der Waals surface area contributed by atoms with Gasteiger partial charge in [-0.2, -0.15) is 0 Å². The van der Waals surface area contributed by atoms with Crippen molar-refractivity contribution < 1.29 is 4.79 Å². The number of nitrogens with zero attached hydrogens (tertiary/aromatic N) is 1. The Labute approximate surface area is 140 Å². The Balaban J connectivity index is 0. The summed E-state index contributed by atoms with van der Waals surface area (Å²) in [6, 6.07) is 8.37. The van der Waals surface area contributed by atoms with Gasteiger partial charge in [-0.05, 0) is 45.4 Å². The molecule has 1 amide bonds. The molecule has 0 radical (unpaired) electrons. The highest BCUT2D eigenvalue weighted by molar-refractivity contribution is 5.91. The second-order valence-corrected chi connectivity index (χ2v) is 5.32. The summed E-state index contributed by atoms with van der Waals surface area (Å²) in [5.41, 5.74) is 7.57. The molecule has 0 saturated heterocycles. The van der Waals surface area contributed by atoms with Gasteiger partial charge in [0.15, 0.2) is 0 Å². The van der Waals surface area contributed by atoms with E-state index in [1.54, 1.807) is 0 Å². The second-order valence-electron chi connectivity index (χ2n) is 5.32. The zero-order valence-corrected chi connectivity index (χ0v) is 14.8.